The van der Waals surface area contributed by atoms with Crippen LogP contribution in [0.4, 0.5) is 0 Å². The number of pyridine rings is 1. The highest BCUT2D eigenvalue weighted by atomic mass is 16.5. The molecule has 136 valence electrons. The van der Waals surface area contributed by atoms with Crippen LogP contribution < -0.4 is 5.73 Å². The minimum Gasteiger partial charge on any atom is -0.332 e. The first-order valence-electron chi connectivity index (χ1n) is 8.85. The Labute approximate surface area is 153 Å². The van der Waals surface area contributed by atoms with Gasteiger partial charge in [0.2, 0.25) is 5.82 Å². The molecule has 0 spiro atoms. The van der Waals surface area contributed by atoms with Gasteiger partial charge in [-0.25, -0.2) is 9.97 Å². The molecule has 0 amide bonds. The van der Waals surface area contributed by atoms with Gasteiger partial charge in [-0.15, -0.1) is 0 Å². The van der Waals surface area contributed by atoms with Crippen LogP contribution >= 0.6 is 0 Å². The fourth-order valence-electron chi connectivity index (χ4n) is 3.01. The zero-order chi connectivity index (χ0) is 18.7. The van der Waals surface area contributed by atoms with Gasteiger partial charge in [0.25, 0.3) is 5.89 Å². The average molecular weight is 352 g/mol. The fourth-order valence-corrected chi connectivity index (χ4v) is 3.01. The summed E-state index contributed by atoms with van der Waals surface area (Å²) in [6, 6.07) is 5.73. The summed E-state index contributed by atoms with van der Waals surface area (Å²) in [6.07, 6.45) is 1.79. The summed E-state index contributed by atoms with van der Waals surface area (Å²) < 4.78 is 5.47. The van der Waals surface area contributed by atoms with E-state index >= 15 is 0 Å². The number of aromatic nitrogens is 5. The van der Waals surface area contributed by atoms with Gasteiger partial charge in [0.15, 0.2) is 0 Å². The normalized spacial score (nSPS) is 12.3. The molecule has 26 heavy (non-hydrogen) atoms. The lowest BCUT2D eigenvalue weighted by molar-refractivity contribution is 0.430. The van der Waals surface area contributed by atoms with Crippen LogP contribution in [0.25, 0.3) is 23.0 Å². The first-order chi connectivity index (χ1) is 12.5. The van der Waals surface area contributed by atoms with Crippen LogP contribution in [0.1, 0.15) is 48.6 Å². The summed E-state index contributed by atoms with van der Waals surface area (Å²) in [7, 11) is 0. The Morgan fingerprint density at radius 3 is 2.31 bits per heavy atom. The van der Waals surface area contributed by atoms with E-state index in [0.29, 0.717) is 24.0 Å². The van der Waals surface area contributed by atoms with E-state index < -0.39 is 0 Å². The van der Waals surface area contributed by atoms with Gasteiger partial charge in [-0.05, 0) is 58.4 Å². The van der Waals surface area contributed by atoms with Gasteiger partial charge < -0.3 is 10.3 Å². The highest BCUT2D eigenvalue weighted by molar-refractivity contribution is 5.58. The Balaban J connectivity index is 1.97. The smallest absolute Gasteiger partial charge is 0.276 e. The van der Waals surface area contributed by atoms with Crippen molar-refractivity contribution in [2.45, 2.75) is 46.5 Å². The standard InChI is InChI=1S/C19H24N6O/c1-5-14(6-7-20)17-22-13(4)10-16(23-17)19-24-18(25-26-19)15-8-11(2)21-12(3)9-15/h8-10,14H,5-7,20H2,1-4H3. The molecule has 0 aliphatic rings. The van der Waals surface area contributed by atoms with Crippen molar-refractivity contribution in [3.05, 3.63) is 41.1 Å². The molecule has 0 aliphatic carbocycles. The molecule has 0 radical (unpaired) electrons. The molecule has 3 heterocycles. The van der Waals surface area contributed by atoms with Gasteiger partial charge >= 0.3 is 0 Å². The largest absolute Gasteiger partial charge is 0.332 e. The van der Waals surface area contributed by atoms with Crippen molar-refractivity contribution in [2.24, 2.45) is 5.73 Å². The zero-order valence-electron chi connectivity index (χ0n) is 15.7. The summed E-state index contributed by atoms with van der Waals surface area (Å²) in [4.78, 5) is 18.1. The van der Waals surface area contributed by atoms with Gasteiger partial charge in [0.05, 0.1) is 0 Å². The monoisotopic (exact) mass is 352 g/mol. The summed E-state index contributed by atoms with van der Waals surface area (Å²) >= 11 is 0. The molecule has 7 nitrogen and oxygen atoms in total. The van der Waals surface area contributed by atoms with Gasteiger partial charge in [0.1, 0.15) is 11.5 Å². The molecular formula is C19H24N6O. The summed E-state index contributed by atoms with van der Waals surface area (Å²) in [5.74, 6) is 1.93. The lowest BCUT2D eigenvalue weighted by Gasteiger charge is -2.13. The second kappa shape index (κ2) is 7.70. The first kappa shape index (κ1) is 18.1. The lowest BCUT2D eigenvalue weighted by Crippen LogP contribution is -2.11. The van der Waals surface area contributed by atoms with E-state index in [9.17, 15) is 0 Å². The third-order valence-electron chi connectivity index (χ3n) is 4.23. The zero-order valence-corrected chi connectivity index (χ0v) is 15.7. The fraction of sp³-hybridized carbons (Fsp3) is 0.421. The molecule has 3 rings (SSSR count). The highest BCUT2D eigenvalue weighted by Gasteiger charge is 2.18. The average Bonchev–Trinajstić information content (AvgIpc) is 3.08. The van der Waals surface area contributed by atoms with E-state index in [1.54, 1.807) is 0 Å². The SMILES string of the molecule is CCC(CCN)c1nc(C)cc(-c2nc(-c3cc(C)nc(C)c3)no2)n1. The topological polar surface area (TPSA) is 104 Å². The van der Waals surface area contributed by atoms with Crippen molar-refractivity contribution in [2.75, 3.05) is 6.54 Å². The van der Waals surface area contributed by atoms with Crippen molar-refractivity contribution in [1.82, 2.24) is 25.1 Å². The lowest BCUT2D eigenvalue weighted by atomic mass is 10.0. The van der Waals surface area contributed by atoms with Gasteiger partial charge in [0, 0.05) is 28.6 Å². The number of hydrogen-bond acceptors (Lipinski definition) is 7. The molecular weight excluding hydrogens is 328 g/mol. The van der Waals surface area contributed by atoms with Crippen molar-refractivity contribution >= 4 is 0 Å². The van der Waals surface area contributed by atoms with E-state index in [4.69, 9.17) is 10.3 Å². The maximum Gasteiger partial charge on any atom is 0.276 e. The molecule has 0 saturated heterocycles. The van der Waals surface area contributed by atoms with E-state index in [1.807, 2.05) is 39.0 Å². The maximum absolute atomic E-state index is 5.72. The van der Waals surface area contributed by atoms with Crippen LogP contribution in [0.3, 0.4) is 0 Å². The Kier molecular flexibility index (Phi) is 5.37. The van der Waals surface area contributed by atoms with Crippen molar-refractivity contribution in [3.8, 4) is 23.0 Å². The van der Waals surface area contributed by atoms with Crippen LogP contribution in [0.2, 0.25) is 0 Å². The predicted molar refractivity (Wildman–Crippen MR) is 99.5 cm³/mol. The van der Waals surface area contributed by atoms with E-state index in [-0.39, 0.29) is 5.92 Å². The number of nitrogens with zero attached hydrogens (tertiary/aromatic N) is 5. The van der Waals surface area contributed by atoms with Crippen molar-refractivity contribution in [3.63, 3.8) is 0 Å². The Morgan fingerprint density at radius 2 is 1.65 bits per heavy atom. The van der Waals surface area contributed by atoms with Gasteiger partial charge in [-0.3, -0.25) is 4.98 Å². The van der Waals surface area contributed by atoms with Crippen LogP contribution in [0, 0.1) is 20.8 Å². The van der Waals surface area contributed by atoms with E-state index in [2.05, 4.69) is 32.0 Å². The minimum atomic E-state index is 0.228. The van der Waals surface area contributed by atoms with E-state index in [0.717, 1.165) is 41.3 Å². The number of hydrogen-bond donors (Lipinski definition) is 1. The Hall–Kier alpha value is -2.67. The molecule has 3 aromatic rings. The first-order valence-corrected chi connectivity index (χ1v) is 8.85. The third-order valence-corrected chi connectivity index (χ3v) is 4.23. The maximum atomic E-state index is 5.72. The van der Waals surface area contributed by atoms with Gasteiger partial charge in [-0.1, -0.05) is 12.1 Å². The number of rotatable bonds is 6. The molecule has 2 N–H and O–H groups in total. The van der Waals surface area contributed by atoms with Crippen LogP contribution in [0.5, 0.6) is 0 Å². The second-order valence-electron chi connectivity index (χ2n) is 6.50. The van der Waals surface area contributed by atoms with Crippen LogP contribution in [-0.2, 0) is 0 Å². The molecule has 0 bridgehead atoms. The molecule has 0 aromatic carbocycles. The molecule has 1 unspecified atom stereocenters. The molecule has 0 aliphatic heterocycles. The molecule has 0 saturated carbocycles. The molecule has 7 heteroatoms. The number of aryl methyl sites for hydroxylation is 3. The second-order valence-corrected chi connectivity index (χ2v) is 6.50. The molecule has 3 aromatic heterocycles. The minimum absolute atomic E-state index is 0.228. The Bertz CT molecular complexity index is 885. The van der Waals surface area contributed by atoms with Crippen molar-refractivity contribution < 1.29 is 4.52 Å². The van der Waals surface area contributed by atoms with Crippen LogP contribution in [0.15, 0.2) is 22.7 Å². The third kappa shape index (κ3) is 3.94. The van der Waals surface area contributed by atoms with Crippen molar-refractivity contribution in [1.29, 1.82) is 0 Å². The molecule has 0 fully saturated rings. The van der Waals surface area contributed by atoms with Gasteiger partial charge in [-0.2, -0.15) is 4.98 Å². The summed E-state index contributed by atoms with van der Waals surface area (Å²) in [6.45, 7) is 8.55. The summed E-state index contributed by atoms with van der Waals surface area (Å²) in [5, 5.41) is 4.11. The van der Waals surface area contributed by atoms with E-state index in [1.165, 1.54) is 0 Å². The molecule has 1 atom stereocenters. The highest BCUT2D eigenvalue weighted by Crippen LogP contribution is 2.25. The van der Waals surface area contributed by atoms with Crippen LogP contribution in [-0.4, -0.2) is 31.6 Å². The summed E-state index contributed by atoms with van der Waals surface area (Å²) in [5.41, 5.74) is 9.95. The quantitative estimate of drug-likeness (QED) is 0.725. The predicted octanol–water partition coefficient (Wildman–Crippen LogP) is 3.36. The number of nitrogens with two attached hydrogens (primary N) is 1. The Morgan fingerprint density at radius 1 is 0.962 bits per heavy atom.